The SMILES string of the molecule is O=C(NO)C1=CC2CCC1C2. The van der Waals surface area contributed by atoms with E-state index in [0.29, 0.717) is 11.8 Å². The van der Waals surface area contributed by atoms with Gasteiger partial charge in [0.1, 0.15) is 0 Å². The molecule has 0 aliphatic heterocycles. The van der Waals surface area contributed by atoms with E-state index in [9.17, 15) is 4.79 Å². The molecule has 0 radical (unpaired) electrons. The molecular weight excluding hydrogens is 142 g/mol. The van der Waals surface area contributed by atoms with Crippen molar-refractivity contribution in [2.24, 2.45) is 11.8 Å². The van der Waals surface area contributed by atoms with Gasteiger partial charge in [0.05, 0.1) is 0 Å². The van der Waals surface area contributed by atoms with Gasteiger partial charge in [-0.25, -0.2) is 5.48 Å². The normalized spacial score (nSPS) is 33.7. The quantitative estimate of drug-likeness (QED) is 0.433. The van der Waals surface area contributed by atoms with Crippen LogP contribution < -0.4 is 5.48 Å². The highest BCUT2D eigenvalue weighted by Gasteiger charge is 2.35. The van der Waals surface area contributed by atoms with Crippen LogP contribution in [-0.4, -0.2) is 11.1 Å². The Morgan fingerprint density at radius 2 is 2.45 bits per heavy atom. The minimum atomic E-state index is -0.308. The number of fused-ring (bicyclic) bond motifs is 2. The molecule has 0 saturated heterocycles. The Balaban J connectivity index is 2.16. The average Bonchev–Trinajstić information content (AvgIpc) is 2.62. The summed E-state index contributed by atoms with van der Waals surface area (Å²) in [6.07, 6.45) is 5.44. The minimum absolute atomic E-state index is 0.308. The first-order chi connectivity index (χ1) is 5.31. The van der Waals surface area contributed by atoms with Crippen molar-refractivity contribution in [3.05, 3.63) is 11.6 Å². The molecule has 2 atom stereocenters. The molecule has 11 heavy (non-hydrogen) atoms. The fourth-order valence-electron chi connectivity index (χ4n) is 2.17. The van der Waals surface area contributed by atoms with Gasteiger partial charge in [0.15, 0.2) is 0 Å². The van der Waals surface area contributed by atoms with Crippen molar-refractivity contribution >= 4 is 5.91 Å². The lowest BCUT2D eigenvalue weighted by Crippen LogP contribution is -2.23. The van der Waals surface area contributed by atoms with Crippen LogP contribution in [0.4, 0.5) is 0 Å². The van der Waals surface area contributed by atoms with Gasteiger partial charge < -0.3 is 0 Å². The van der Waals surface area contributed by atoms with E-state index in [-0.39, 0.29) is 5.91 Å². The van der Waals surface area contributed by atoms with Gasteiger partial charge in [-0.1, -0.05) is 6.08 Å². The highest BCUT2D eigenvalue weighted by molar-refractivity contribution is 5.93. The number of allylic oxidation sites excluding steroid dienone is 1. The summed E-state index contributed by atoms with van der Waals surface area (Å²) in [7, 11) is 0. The Labute approximate surface area is 65.1 Å². The topological polar surface area (TPSA) is 49.3 Å². The molecule has 60 valence electrons. The third-order valence-electron chi connectivity index (χ3n) is 2.69. The summed E-state index contributed by atoms with van der Waals surface area (Å²) in [5, 5.41) is 8.38. The molecule has 2 aliphatic rings. The molecule has 2 rings (SSSR count). The molecule has 1 fully saturated rings. The van der Waals surface area contributed by atoms with Crippen molar-refractivity contribution in [1.82, 2.24) is 5.48 Å². The van der Waals surface area contributed by atoms with Crippen LogP contribution in [0.2, 0.25) is 0 Å². The first kappa shape index (κ1) is 6.85. The van der Waals surface area contributed by atoms with E-state index in [1.807, 2.05) is 6.08 Å². The molecule has 2 aliphatic carbocycles. The van der Waals surface area contributed by atoms with Crippen LogP contribution in [-0.2, 0) is 4.79 Å². The summed E-state index contributed by atoms with van der Waals surface area (Å²) in [4.78, 5) is 11.0. The zero-order chi connectivity index (χ0) is 7.84. The van der Waals surface area contributed by atoms with Crippen LogP contribution in [0.3, 0.4) is 0 Å². The second kappa shape index (κ2) is 2.34. The molecule has 0 aromatic carbocycles. The Kier molecular flexibility index (Phi) is 1.46. The molecule has 0 aromatic rings. The van der Waals surface area contributed by atoms with Crippen LogP contribution in [0.1, 0.15) is 19.3 Å². The smallest absolute Gasteiger partial charge is 0.270 e. The molecule has 0 heterocycles. The largest absolute Gasteiger partial charge is 0.288 e. The zero-order valence-corrected chi connectivity index (χ0v) is 6.21. The number of rotatable bonds is 1. The van der Waals surface area contributed by atoms with Crippen LogP contribution in [0, 0.1) is 11.8 Å². The van der Waals surface area contributed by atoms with Gasteiger partial charge in [-0.15, -0.1) is 0 Å². The lowest BCUT2D eigenvalue weighted by molar-refractivity contribution is -0.125. The summed E-state index contributed by atoms with van der Waals surface area (Å²) in [5.74, 6) is 0.719. The van der Waals surface area contributed by atoms with Gasteiger partial charge in [-0.3, -0.25) is 10.0 Å². The zero-order valence-electron chi connectivity index (χ0n) is 6.21. The van der Waals surface area contributed by atoms with Gasteiger partial charge in [-0.05, 0) is 31.1 Å². The van der Waals surface area contributed by atoms with E-state index in [0.717, 1.165) is 18.4 Å². The van der Waals surface area contributed by atoms with Crippen LogP contribution in [0.5, 0.6) is 0 Å². The first-order valence-electron chi connectivity index (χ1n) is 3.97. The highest BCUT2D eigenvalue weighted by atomic mass is 16.5. The molecular formula is C8H11NO2. The maximum absolute atomic E-state index is 11.0. The lowest BCUT2D eigenvalue weighted by Gasteiger charge is -2.09. The van der Waals surface area contributed by atoms with E-state index in [1.54, 1.807) is 5.48 Å². The second-order valence-corrected chi connectivity index (χ2v) is 3.33. The molecule has 0 aromatic heterocycles. The van der Waals surface area contributed by atoms with Crippen LogP contribution >= 0.6 is 0 Å². The van der Waals surface area contributed by atoms with Gasteiger partial charge in [-0.2, -0.15) is 0 Å². The molecule has 2 unspecified atom stereocenters. The Hall–Kier alpha value is -0.830. The number of nitrogens with one attached hydrogen (secondary N) is 1. The van der Waals surface area contributed by atoms with Crippen molar-refractivity contribution in [2.75, 3.05) is 0 Å². The third kappa shape index (κ3) is 0.959. The van der Waals surface area contributed by atoms with Crippen molar-refractivity contribution in [3.8, 4) is 0 Å². The fourth-order valence-corrected chi connectivity index (χ4v) is 2.17. The highest BCUT2D eigenvalue weighted by Crippen LogP contribution is 2.43. The molecule has 2 bridgehead atoms. The fraction of sp³-hybridized carbons (Fsp3) is 0.625. The van der Waals surface area contributed by atoms with Crippen LogP contribution in [0.15, 0.2) is 11.6 Å². The second-order valence-electron chi connectivity index (χ2n) is 3.33. The molecule has 3 heteroatoms. The number of carbonyl (C=O) groups is 1. The Morgan fingerprint density at radius 1 is 1.64 bits per heavy atom. The van der Waals surface area contributed by atoms with E-state index in [1.165, 1.54) is 6.42 Å². The Morgan fingerprint density at radius 3 is 2.91 bits per heavy atom. The standard InChI is InChI=1S/C8H11NO2/c10-8(9-11)7-4-5-1-2-6(7)3-5/h4-6,11H,1-3H2,(H,9,10). The lowest BCUT2D eigenvalue weighted by atomic mass is 9.98. The molecule has 1 saturated carbocycles. The summed E-state index contributed by atoms with van der Waals surface area (Å²) in [6.45, 7) is 0. The van der Waals surface area contributed by atoms with E-state index < -0.39 is 0 Å². The monoisotopic (exact) mass is 153 g/mol. The molecule has 3 nitrogen and oxygen atoms in total. The summed E-state index contributed by atoms with van der Waals surface area (Å²) >= 11 is 0. The van der Waals surface area contributed by atoms with Crippen LogP contribution in [0.25, 0.3) is 0 Å². The van der Waals surface area contributed by atoms with Crippen molar-refractivity contribution in [2.45, 2.75) is 19.3 Å². The van der Waals surface area contributed by atoms with Crippen molar-refractivity contribution in [3.63, 3.8) is 0 Å². The summed E-state index contributed by atoms with van der Waals surface area (Å²) in [6, 6.07) is 0. The number of carbonyl (C=O) groups excluding carboxylic acids is 1. The maximum atomic E-state index is 11.0. The molecule has 1 amide bonds. The summed E-state index contributed by atoms with van der Waals surface area (Å²) in [5.41, 5.74) is 2.48. The van der Waals surface area contributed by atoms with Crippen molar-refractivity contribution in [1.29, 1.82) is 0 Å². The number of hydrogen-bond acceptors (Lipinski definition) is 2. The first-order valence-corrected chi connectivity index (χ1v) is 3.97. The van der Waals surface area contributed by atoms with Gasteiger partial charge in [0.2, 0.25) is 0 Å². The maximum Gasteiger partial charge on any atom is 0.270 e. The molecule has 2 N–H and O–H groups in total. The Bertz CT molecular complexity index is 222. The third-order valence-corrected chi connectivity index (χ3v) is 2.69. The van der Waals surface area contributed by atoms with E-state index in [2.05, 4.69) is 0 Å². The van der Waals surface area contributed by atoms with E-state index in [4.69, 9.17) is 5.21 Å². The summed E-state index contributed by atoms with van der Waals surface area (Å²) < 4.78 is 0. The minimum Gasteiger partial charge on any atom is -0.288 e. The van der Waals surface area contributed by atoms with Gasteiger partial charge in [0, 0.05) is 5.57 Å². The van der Waals surface area contributed by atoms with Gasteiger partial charge >= 0.3 is 0 Å². The van der Waals surface area contributed by atoms with Crippen molar-refractivity contribution < 1.29 is 10.0 Å². The number of hydrogen-bond donors (Lipinski definition) is 2. The average molecular weight is 153 g/mol. The molecule has 0 spiro atoms. The predicted octanol–water partition coefficient (Wildman–Crippen LogP) is 0.848. The van der Waals surface area contributed by atoms with Gasteiger partial charge in [0.25, 0.3) is 5.91 Å². The number of amides is 1. The number of hydroxylamine groups is 1. The van der Waals surface area contributed by atoms with E-state index >= 15 is 0 Å². The predicted molar refractivity (Wildman–Crippen MR) is 38.8 cm³/mol.